The van der Waals surface area contributed by atoms with Crippen LogP contribution in [0.1, 0.15) is 12.5 Å². The average Bonchev–Trinajstić information content (AvgIpc) is 2.64. The molecular weight excluding hydrogens is 355 g/mol. The lowest BCUT2D eigenvalue weighted by Gasteiger charge is -2.39. The molecule has 1 amide bonds. The molecule has 138 valence electrons. The Labute approximate surface area is 158 Å². The van der Waals surface area contributed by atoms with E-state index in [1.807, 2.05) is 4.90 Å². The molecule has 1 aliphatic rings. The van der Waals surface area contributed by atoms with E-state index in [0.717, 1.165) is 18.7 Å². The van der Waals surface area contributed by atoms with Gasteiger partial charge in [-0.2, -0.15) is 0 Å². The third-order valence-corrected chi connectivity index (χ3v) is 4.84. The molecule has 3 rings (SSSR count). The first-order valence-electron chi connectivity index (χ1n) is 8.66. The van der Waals surface area contributed by atoms with Crippen LogP contribution in [0, 0.1) is 5.82 Å². The highest BCUT2D eigenvalue weighted by Crippen LogP contribution is 2.17. The van der Waals surface area contributed by atoms with Crippen LogP contribution in [0.2, 0.25) is 5.02 Å². The summed E-state index contributed by atoms with van der Waals surface area (Å²) >= 11 is 5.84. The van der Waals surface area contributed by atoms with Crippen molar-refractivity contribution in [3.05, 3.63) is 64.9 Å². The van der Waals surface area contributed by atoms with Crippen molar-refractivity contribution in [2.24, 2.45) is 0 Å². The average molecular weight is 377 g/mol. The summed E-state index contributed by atoms with van der Waals surface area (Å²) in [4.78, 5) is 16.5. The molecule has 26 heavy (non-hydrogen) atoms. The lowest BCUT2D eigenvalue weighted by atomic mass is 10.1. The van der Waals surface area contributed by atoms with Crippen LogP contribution in [0.4, 0.5) is 4.39 Å². The monoisotopic (exact) mass is 376 g/mol. The van der Waals surface area contributed by atoms with Crippen molar-refractivity contribution < 1.29 is 13.9 Å². The lowest BCUT2D eigenvalue weighted by Crippen LogP contribution is -2.54. The van der Waals surface area contributed by atoms with Gasteiger partial charge in [-0.05, 0) is 48.9 Å². The summed E-state index contributed by atoms with van der Waals surface area (Å²) in [5.74, 6) is 0.386. The highest BCUT2D eigenvalue weighted by Gasteiger charge is 2.26. The van der Waals surface area contributed by atoms with Gasteiger partial charge in [-0.15, -0.1) is 0 Å². The van der Waals surface area contributed by atoms with E-state index in [1.165, 1.54) is 12.1 Å². The third kappa shape index (κ3) is 4.96. The predicted octanol–water partition coefficient (Wildman–Crippen LogP) is 3.59. The van der Waals surface area contributed by atoms with E-state index in [9.17, 15) is 9.18 Å². The molecule has 1 atom stereocenters. The predicted molar refractivity (Wildman–Crippen MR) is 99.8 cm³/mol. The molecular formula is C20H22ClFN2O2. The van der Waals surface area contributed by atoms with Gasteiger partial charge in [0, 0.05) is 37.2 Å². The number of carbonyl (C=O) groups excluding carboxylic acids is 1. The van der Waals surface area contributed by atoms with Crippen molar-refractivity contribution >= 4 is 17.5 Å². The van der Waals surface area contributed by atoms with Gasteiger partial charge in [0.05, 0.1) is 0 Å². The van der Waals surface area contributed by atoms with Gasteiger partial charge in [-0.25, -0.2) is 4.39 Å². The SMILES string of the molecule is C[C@H]1CN(C(=O)COc2ccc(Cl)cc2)CCN1Cc1ccc(F)cc1. The first kappa shape index (κ1) is 18.7. The third-order valence-electron chi connectivity index (χ3n) is 4.59. The van der Waals surface area contributed by atoms with Crippen LogP contribution in [0.15, 0.2) is 48.5 Å². The van der Waals surface area contributed by atoms with Crippen LogP contribution in [-0.4, -0.2) is 48.0 Å². The minimum absolute atomic E-state index is 0.0202. The maximum absolute atomic E-state index is 13.0. The molecule has 4 nitrogen and oxygen atoms in total. The summed E-state index contributed by atoms with van der Waals surface area (Å²) < 4.78 is 18.6. The quantitative estimate of drug-likeness (QED) is 0.799. The number of amides is 1. The summed E-state index contributed by atoms with van der Waals surface area (Å²) in [6.45, 7) is 4.98. The van der Waals surface area contributed by atoms with Gasteiger partial charge < -0.3 is 9.64 Å². The minimum Gasteiger partial charge on any atom is -0.484 e. The van der Waals surface area contributed by atoms with E-state index >= 15 is 0 Å². The van der Waals surface area contributed by atoms with Crippen molar-refractivity contribution in [2.75, 3.05) is 26.2 Å². The van der Waals surface area contributed by atoms with Crippen LogP contribution in [0.25, 0.3) is 0 Å². The molecule has 1 aliphatic heterocycles. The summed E-state index contributed by atoms with van der Waals surface area (Å²) in [7, 11) is 0. The van der Waals surface area contributed by atoms with Gasteiger partial charge in [0.1, 0.15) is 11.6 Å². The number of hydrogen-bond donors (Lipinski definition) is 0. The summed E-state index contributed by atoms with van der Waals surface area (Å²) in [5.41, 5.74) is 1.07. The summed E-state index contributed by atoms with van der Waals surface area (Å²) in [6, 6.07) is 13.8. The molecule has 1 saturated heterocycles. The molecule has 0 unspecified atom stereocenters. The fraction of sp³-hybridized carbons (Fsp3) is 0.350. The zero-order valence-electron chi connectivity index (χ0n) is 14.7. The van der Waals surface area contributed by atoms with Gasteiger partial charge in [0.25, 0.3) is 5.91 Å². The zero-order chi connectivity index (χ0) is 18.5. The smallest absolute Gasteiger partial charge is 0.260 e. The van der Waals surface area contributed by atoms with E-state index in [2.05, 4.69) is 11.8 Å². The van der Waals surface area contributed by atoms with Crippen LogP contribution < -0.4 is 4.74 Å². The maximum atomic E-state index is 13.0. The van der Waals surface area contributed by atoms with Gasteiger partial charge >= 0.3 is 0 Å². The Hall–Kier alpha value is -2.11. The second-order valence-electron chi connectivity index (χ2n) is 6.53. The molecule has 0 spiro atoms. The van der Waals surface area contributed by atoms with Crippen molar-refractivity contribution in [3.63, 3.8) is 0 Å². The number of halogens is 2. The number of ether oxygens (including phenoxy) is 1. The van der Waals surface area contributed by atoms with Gasteiger partial charge in [0.15, 0.2) is 6.61 Å². The van der Waals surface area contributed by atoms with Gasteiger partial charge in [0.2, 0.25) is 0 Å². The fourth-order valence-electron chi connectivity index (χ4n) is 3.05. The Bertz CT molecular complexity index is 736. The van der Waals surface area contributed by atoms with Crippen molar-refractivity contribution in [1.29, 1.82) is 0 Å². The van der Waals surface area contributed by atoms with E-state index in [4.69, 9.17) is 16.3 Å². The Kier molecular flexibility index (Phi) is 6.12. The van der Waals surface area contributed by atoms with Crippen molar-refractivity contribution in [3.8, 4) is 5.75 Å². The van der Waals surface area contributed by atoms with E-state index < -0.39 is 0 Å². The number of carbonyl (C=O) groups is 1. The van der Waals surface area contributed by atoms with Crippen LogP contribution >= 0.6 is 11.6 Å². The normalized spacial score (nSPS) is 18.0. The molecule has 0 saturated carbocycles. The van der Waals surface area contributed by atoms with Crippen molar-refractivity contribution in [1.82, 2.24) is 9.80 Å². The summed E-state index contributed by atoms with van der Waals surface area (Å²) in [6.07, 6.45) is 0. The minimum atomic E-state index is -0.224. The second-order valence-corrected chi connectivity index (χ2v) is 6.96. The van der Waals surface area contributed by atoms with E-state index in [0.29, 0.717) is 23.9 Å². The van der Waals surface area contributed by atoms with Crippen LogP contribution in [0.5, 0.6) is 5.75 Å². The van der Waals surface area contributed by atoms with Crippen LogP contribution in [-0.2, 0) is 11.3 Å². The zero-order valence-corrected chi connectivity index (χ0v) is 15.5. The molecule has 0 aromatic heterocycles. The molecule has 0 bridgehead atoms. The van der Waals surface area contributed by atoms with Gasteiger partial charge in [-0.1, -0.05) is 23.7 Å². The maximum Gasteiger partial charge on any atom is 0.260 e. The standard InChI is InChI=1S/C20H22ClFN2O2/c1-15-12-24(20(25)14-26-19-8-4-17(21)5-9-19)11-10-23(15)13-16-2-6-18(22)7-3-16/h2-9,15H,10-14H2,1H3/t15-/m0/s1. The Morgan fingerprint density at radius 2 is 1.85 bits per heavy atom. The molecule has 6 heteroatoms. The number of nitrogens with zero attached hydrogens (tertiary/aromatic N) is 2. The molecule has 0 radical (unpaired) electrons. The molecule has 1 fully saturated rings. The Morgan fingerprint density at radius 1 is 1.15 bits per heavy atom. The highest BCUT2D eigenvalue weighted by molar-refractivity contribution is 6.30. The topological polar surface area (TPSA) is 32.8 Å². The largest absolute Gasteiger partial charge is 0.484 e. The fourth-order valence-corrected chi connectivity index (χ4v) is 3.17. The lowest BCUT2D eigenvalue weighted by molar-refractivity contribution is -0.136. The highest BCUT2D eigenvalue weighted by atomic mass is 35.5. The molecule has 2 aromatic rings. The first-order valence-corrected chi connectivity index (χ1v) is 9.04. The number of hydrogen-bond acceptors (Lipinski definition) is 3. The molecule has 0 N–H and O–H groups in total. The Morgan fingerprint density at radius 3 is 2.50 bits per heavy atom. The second kappa shape index (κ2) is 8.52. The Balaban J connectivity index is 1.48. The molecule has 2 aromatic carbocycles. The van der Waals surface area contributed by atoms with Crippen molar-refractivity contribution in [2.45, 2.75) is 19.5 Å². The molecule has 1 heterocycles. The van der Waals surface area contributed by atoms with E-state index in [1.54, 1.807) is 36.4 Å². The number of rotatable bonds is 5. The number of piperazine rings is 1. The number of benzene rings is 2. The first-order chi connectivity index (χ1) is 12.5. The molecule has 0 aliphatic carbocycles. The summed E-state index contributed by atoms with van der Waals surface area (Å²) in [5, 5.41) is 0.634. The van der Waals surface area contributed by atoms with E-state index in [-0.39, 0.29) is 24.4 Å². The van der Waals surface area contributed by atoms with Crippen LogP contribution in [0.3, 0.4) is 0 Å². The van der Waals surface area contributed by atoms with Gasteiger partial charge in [-0.3, -0.25) is 9.69 Å².